The molecule has 12 nitrogen and oxygen atoms in total. The first-order chi connectivity index (χ1) is 25.5. The molecule has 54 heavy (non-hydrogen) atoms. The standard InChI is InChI=1S/C42H48N4O8/c1-9-53-39(47)24-29-16-18-36(43-27-31-20-32(45(49)50)26-33(21-31)46(51)52)34(22-29)41(4,5)28(3)14-12-11-13-15-38-42(6,7)35-23-30(25-40(48)54-10-2)17-19-37(35)44(38)8/h11-23,26,43H,3,9-10,24-25,27H2,1-2,4-8H3/b13-11+,14-12+,38-15+. The van der Waals surface area contributed by atoms with E-state index in [4.69, 9.17) is 9.47 Å². The second kappa shape index (κ2) is 17.2. The molecule has 3 aromatic carbocycles. The van der Waals surface area contributed by atoms with Gasteiger partial charge in [0.2, 0.25) is 0 Å². The average Bonchev–Trinajstić information content (AvgIpc) is 3.30. The molecule has 0 aliphatic carbocycles. The Kier molecular flexibility index (Phi) is 13.0. The highest BCUT2D eigenvalue weighted by atomic mass is 16.6. The molecule has 0 amide bonds. The molecule has 0 fully saturated rings. The number of hydrogen-bond donors (Lipinski definition) is 1. The maximum atomic E-state index is 12.4. The maximum Gasteiger partial charge on any atom is 0.310 e. The number of carbonyl (C=O) groups excluding carboxylic acids is 2. The largest absolute Gasteiger partial charge is 0.466 e. The number of benzene rings is 3. The highest BCUT2D eigenvalue weighted by Gasteiger charge is 2.38. The van der Waals surface area contributed by atoms with E-state index in [1.807, 2.05) is 69.5 Å². The molecule has 12 heteroatoms. The van der Waals surface area contributed by atoms with Crippen molar-refractivity contribution in [2.45, 2.75) is 71.8 Å². The fourth-order valence-electron chi connectivity index (χ4n) is 6.55. The minimum absolute atomic E-state index is 0.0648. The molecule has 3 aromatic rings. The zero-order valence-electron chi connectivity index (χ0n) is 31.9. The summed E-state index contributed by atoms with van der Waals surface area (Å²) in [7, 11) is 2.03. The van der Waals surface area contributed by atoms with Gasteiger partial charge in [0.05, 0.1) is 42.0 Å². The van der Waals surface area contributed by atoms with E-state index < -0.39 is 15.3 Å². The Bertz CT molecular complexity index is 2010. The topological polar surface area (TPSA) is 154 Å². The molecule has 0 aromatic heterocycles. The van der Waals surface area contributed by atoms with Gasteiger partial charge in [-0.25, -0.2) is 0 Å². The van der Waals surface area contributed by atoms with Crippen LogP contribution in [-0.2, 0) is 49.3 Å². The lowest BCUT2D eigenvalue weighted by molar-refractivity contribution is -0.394. The first-order valence-corrected chi connectivity index (χ1v) is 17.7. The van der Waals surface area contributed by atoms with Crippen molar-refractivity contribution in [1.82, 2.24) is 0 Å². The van der Waals surface area contributed by atoms with Gasteiger partial charge >= 0.3 is 11.9 Å². The Morgan fingerprint density at radius 2 is 1.43 bits per heavy atom. The molecule has 4 rings (SSSR count). The van der Waals surface area contributed by atoms with Crippen LogP contribution in [0.3, 0.4) is 0 Å². The number of nitrogens with one attached hydrogen (secondary N) is 1. The van der Waals surface area contributed by atoms with Crippen molar-refractivity contribution in [2.24, 2.45) is 0 Å². The number of carbonyl (C=O) groups is 2. The summed E-state index contributed by atoms with van der Waals surface area (Å²) < 4.78 is 10.3. The number of fused-ring (bicyclic) bond motifs is 1. The number of nitro benzene ring substituents is 2. The van der Waals surface area contributed by atoms with Gasteiger partial charge in [0.25, 0.3) is 11.4 Å². The van der Waals surface area contributed by atoms with Crippen LogP contribution in [-0.4, -0.2) is 42.0 Å². The van der Waals surface area contributed by atoms with Crippen molar-refractivity contribution in [3.63, 3.8) is 0 Å². The van der Waals surface area contributed by atoms with Crippen molar-refractivity contribution < 1.29 is 28.9 Å². The molecule has 0 unspecified atom stereocenters. The van der Waals surface area contributed by atoms with E-state index >= 15 is 0 Å². The SMILES string of the molecule is C=C(/C=C/C=C/C=C1/N(C)c2ccc(CC(=O)OCC)cc2C1(C)C)C(C)(C)c1cc(CC(=O)OCC)ccc1NCc1cc([N+](=O)[O-])cc([N+](=O)[O-])c1. The van der Waals surface area contributed by atoms with Crippen LogP contribution in [0.1, 0.15) is 69.4 Å². The van der Waals surface area contributed by atoms with E-state index in [9.17, 15) is 29.8 Å². The van der Waals surface area contributed by atoms with Crippen LogP contribution in [0.5, 0.6) is 0 Å². The molecule has 284 valence electrons. The molecule has 1 aliphatic rings. The highest BCUT2D eigenvalue weighted by molar-refractivity contribution is 5.76. The van der Waals surface area contributed by atoms with Crippen LogP contribution in [0.15, 0.2) is 103 Å². The van der Waals surface area contributed by atoms with Crippen molar-refractivity contribution >= 4 is 34.7 Å². The van der Waals surface area contributed by atoms with Crippen LogP contribution >= 0.6 is 0 Å². The van der Waals surface area contributed by atoms with Crippen LogP contribution in [0.2, 0.25) is 0 Å². The number of anilines is 2. The monoisotopic (exact) mass is 736 g/mol. The first-order valence-electron chi connectivity index (χ1n) is 17.7. The summed E-state index contributed by atoms with van der Waals surface area (Å²) in [5.74, 6) is -0.609. The Labute approximate surface area is 316 Å². The van der Waals surface area contributed by atoms with Crippen molar-refractivity contribution in [2.75, 3.05) is 30.5 Å². The fourth-order valence-corrected chi connectivity index (χ4v) is 6.55. The Balaban J connectivity index is 1.57. The molecule has 0 atom stereocenters. The molecule has 1 aliphatic heterocycles. The number of nitro groups is 2. The molecular formula is C42H48N4O8. The predicted molar refractivity (Wildman–Crippen MR) is 211 cm³/mol. The molecule has 0 saturated heterocycles. The minimum atomic E-state index is -0.666. The summed E-state index contributed by atoms with van der Waals surface area (Å²) in [6, 6.07) is 15.1. The van der Waals surface area contributed by atoms with E-state index in [1.54, 1.807) is 19.9 Å². The third-order valence-electron chi connectivity index (χ3n) is 9.61. The van der Waals surface area contributed by atoms with Gasteiger partial charge in [0.1, 0.15) is 0 Å². The molecule has 0 radical (unpaired) electrons. The Hall–Kier alpha value is -6.04. The van der Waals surface area contributed by atoms with Crippen molar-refractivity contribution in [1.29, 1.82) is 0 Å². The number of likely N-dealkylation sites (N-methyl/N-ethyl adjacent to an activating group) is 1. The lowest BCUT2D eigenvalue weighted by Gasteiger charge is -2.30. The molecule has 0 saturated carbocycles. The summed E-state index contributed by atoms with van der Waals surface area (Å²) in [5.41, 5.74) is 5.84. The van der Waals surface area contributed by atoms with Gasteiger partial charge in [0, 0.05) is 53.6 Å². The van der Waals surface area contributed by atoms with Crippen LogP contribution in [0.25, 0.3) is 0 Å². The lowest BCUT2D eigenvalue weighted by Crippen LogP contribution is -2.22. The normalized spacial score (nSPS) is 14.4. The zero-order valence-corrected chi connectivity index (χ0v) is 31.9. The first kappa shape index (κ1) is 40.7. The van der Waals surface area contributed by atoms with Crippen LogP contribution < -0.4 is 10.2 Å². The average molecular weight is 737 g/mol. The van der Waals surface area contributed by atoms with Gasteiger partial charge in [-0.3, -0.25) is 29.8 Å². The minimum Gasteiger partial charge on any atom is -0.466 e. The van der Waals surface area contributed by atoms with Gasteiger partial charge in [0.15, 0.2) is 0 Å². The Morgan fingerprint density at radius 3 is 2.00 bits per heavy atom. The third-order valence-corrected chi connectivity index (χ3v) is 9.61. The van der Waals surface area contributed by atoms with E-state index in [1.165, 1.54) is 12.1 Å². The lowest BCUT2D eigenvalue weighted by atomic mass is 9.76. The smallest absolute Gasteiger partial charge is 0.310 e. The Morgan fingerprint density at radius 1 is 0.852 bits per heavy atom. The van der Waals surface area contributed by atoms with E-state index in [0.717, 1.165) is 45.3 Å². The van der Waals surface area contributed by atoms with E-state index in [-0.39, 0.29) is 54.7 Å². The van der Waals surface area contributed by atoms with Gasteiger partial charge in [-0.2, -0.15) is 0 Å². The van der Waals surface area contributed by atoms with Gasteiger partial charge in [-0.15, -0.1) is 0 Å². The van der Waals surface area contributed by atoms with Crippen LogP contribution in [0, 0.1) is 20.2 Å². The summed E-state index contributed by atoms with van der Waals surface area (Å²) in [5, 5.41) is 26.2. The zero-order chi connectivity index (χ0) is 39.8. The number of hydrogen-bond acceptors (Lipinski definition) is 10. The number of allylic oxidation sites excluding steroid dienone is 7. The second-order valence-electron chi connectivity index (χ2n) is 14.1. The highest BCUT2D eigenvalue weighted by Crippen LogP contribution is 2.47. The summed E-state index contributed by atoms with van der Waals surface area (Å²) >= 11 is 0. The fraction of sp³-hybridized carbons (Fsp3) is 0.333. The van der Waals surface area contributed by atoms with Gasteiger partial charge in [-0.1, -0.05) is 82.8 Å². The number of ether oxygens (including phenoxy) is 2. The molecule has 0 bridgehead atoms. The second-order valence-corrected chi connectivity index (χ2v) is 14.1. The maximum absolute atomic E-state index is 12.4. The third kappa shape index (κ3) is 9.49. The quantitative estimate of drug-likeness (QED) is 0.0655. The van der Waals surface area contributed by atoms with E-state index in [0.29, 0.717) is 17.9 Å². The van der Waals surface area contributed by atoms with Crippen molar-refractivity contribution in [3.8, 4) is 0 Å². The van der Waals surface area contributed by atoms with Gasteiger partial charge < -0.3 is 19.7 Å². The molecule has 1 heterocycles. The number of rotatable bonds is 16. The number of esters is 2. The molecule has 1 N–H and O–H groups in total. The van der Waals surface area contributed by atoms with Gasteiger partial charge in [-0.05, 0) is 65.4 Å². The number of nitrogens with zero attached hydrogens (tertiary/aromatic N) is 3. The van der Waals surface area contributed by atoms with Crippen molar-refractivity contribution in [3.05, 3.63) is 151 Å². The molecule has 0 spiro atoms. The summed E-state index contributed by atoms with van der Waals surface area (Å²) in [6.45, 7) is 16.9. The molecular weight excluding hydrogens is 688 g/mol. The van der Waals surface area contributed by atoms with E-state index in [2.05, 4.69) is 42.8 Å². The summed E-state index contributed by atoms with van der Waals surface area (Å²) in [6.07, 6.45) is 10.1. The predicted octanol–water partition coefficient (Wildman–Crippen LogP) is 8.58. The summed E-state index contributed by atoms with van der Waals surface area (Å²) in [4.78, 5) is 48.2. The van der Waals surface area contributed by atoms with Crippen LogP contribution in [0.4, 0.5) is 22.7 Å². The number of non-ortho nitro benzene ring substituents is 2.